The van der Waals surface area contributed by atoms with E-state index in [0.717, 1.165) is 5.56 Å². The fourth-order valence-electron chi connectivity index (χ4n) is 2.26. The zero-order valence-electron chi connectivity index (χ0n) is 12.5. The van der Waals surface area contributed by atoms with Crippen LogP contribution in [0.15, 0.2) is 27.6 Å². The molecule has 3 heterocycles. The van der Waals surface area contributed by atoms with Crippen molar-refractivity contribution in [2.24, 2.45) is 7.05 Å². The van der Waals surface area contributed by atoms with Gasteiger partial charge in [0.15, 0.2) is 0 Å². The maximum Gasteiger partial charge on any atom is 0.420 e. The van der Waals surface area contributed by atoms with Gasteiger partial charge in [-0.3, -0.25) is 4.68 Å². The molecule has 0 spiro atoms. The minimum absolute atomic E-state index is 0.0821. The van der Waals surface area contributed by atoms with E-state index in [1.54, 1.807) is 31.0 Å². The molecule has 3 aromatic heterocycles. The van der Waals surface area contributed by atoms with E-state index in [1.807, 2.05) is 0 Å². The van der Waals surface area contributed by atoms with Crippen molar-refractivity contribution in [2.75, 3.05) is 0 Å². The molecule has 0 fully saturated rings. The Morgan fingerprint density at radius 3 is 2.65 bits per heavy atom. The monoisotopic (exact) mass is 326 g/mol. The van der Waals surface area contributed by atoms with Gasteiger partial charge in [0.2, 0.25) is 11.7 Å². The number of nitrogens with zero attached hydrogens (tertiary/aromatic N) is 4. The van der Waals surface area contributed by atoms with Gasteiger partial charge < -0.3 is 8.94 Å². The van der Waals surface area contributed by atoms with Crippen LogP contribution in [0.2, 0.25) is 0 Å². The third-order valence-electron chi connectivity index (χ3n) is 3.54. The second kappa shape index (κ2) is 5.25. The molecule has 0 aromatic carbocycles. The van der Waals surface area contributed by atoms with Gasteiger partial charge in [0.1, 0.15) is 17.6 Å². The molecule has 3 aromatic rings. The van der Waals surface area contributed by atoms with Gasteiger partial charge >= 0.3 is 6.18 Å². The summed E-state index contributed by atoms with van der Waals surface area (Å²) in [5, 5.41) is 7.72. The fraction of sp³-hybridized carbons (Fsp3) is 0.357. The van der Waals surface area contributed by atoms with Crippen molar-refractivity contribution in [3.05, 3.63) is 41.4 Å². The van der Waals surface area contributed by atoms with Crippen molar-refractivity contribution < 1.29 is 22.1 Å². The number of alkyl halides is 3. The molecule has 1 unspecified atom stereocenters. The molecule has 0 aliphatic rings. The zero-order chi connectivity index (χ0) is 16.8. The first kappa shape index (κ1) is 15.3. The van der Waals surface area contributed by atoms with Crippen LogP contribution < -0.4 is 0 Å². The van der Waals surface area contributed by atoms with E-state index in [9.17, 15) is 13.2 Å². The topological polar surface area (TPSA) is 69.9 Å². The average molecular weight is 326 g/mol. The van der Waals surface area contributed by atoms with Crippen LogP contribution in [0.4, 0.5) is 13.2 Å². The number of hydrogen-bond donors (Lipinski definition) is 0. The number of aryl methyl sites for hydroxylation is 2. The quantitative estimate of drug-likeness (QED) is 0.736. The van der Waals surface area contributed by atoms with Gasteiger partial charge in [-0.25, -0.2) is 0 Å². The van der Waals surface area contributed by atoms with Crippen molar-refractivity contribution in [2.45, 2.75) is 25.9 Å². The van der Waals surface area contributed by atoms with Crippen LogP contribution in [0, 0.1) is 6.92 Å². The molecule has 23 heavy (non-hydrogen) atoms. The van der Waals surface area contributed by atoms with Gasteiger partial charge in [0.05, 0.1) is 17.7 Å². The molecule has 0 N–H and O–H groups in total. The van der Waals surface area contributed by atoms with Crippen LogP contribution in [0.3, 0.4) is 0 Å². The highest BCUT2D eigenvalue weighted by Crippen LogP contribution is 2.39. The van der Waals surface area contributed by atoms with Gasteiger partial charge in [-0.1, -0.05) is 5.16 Å². The normalized spacial score (nSPS) is 13.5. The standard InChI is InChI=1S/C14H13F3N4O2/c1-7(9-4-18-21(3)5-9)13-19-12(20-23-13)11-8(2)22-6-10(11)14(15,16)17/h4-7H,1-3H3. The van der Waals surface area contributed by atoms with Gasteiger partial charge in [-0.05, 0) is 13.8 Å². The molecule has 6 nitrogen and oxygen atoms in total. The lowest BCUT2D eigenvalue weighted by molar-refractivity contribution is -0.137. The van der Waals surface area contributed by atoms with E-state index in [1.165, 1.54) is 6.92 Å². The van der Waals surface area contributed by atoms with E-state index in [4.69, 9.17) is 8.94 Å². The number of halogens is 3. The molecule has 0 bridgehead atoms. The Kier molecular flexibility index (Phi) is 3.50. The lowest BCUT2D eigenvalue weighted by Gasteiger charge is -2.04. The SMILES string of the molecule is Cc1occ(C(F)(F)F)c1-c1noc(C(C)c2cnn(C)c2)n1. The second-order valence-electron chi connectivity index (χ2n) is 5.20. The molecule has 1 atom stereocenters. The van der Waals surface area contributed by atoms with E-state index >= 15 is 0 Å². The van der Waals surface area contributed by atoms with E-state index in [-0.39, 0.29) is 29.0 Å². The Morgan fingerprint density at radius 1 is 1.30 bits per heavy atom. The maximum atomic E-state index is 13.0. The van der Waals surface area contributed by atoms with Gasteiger partial charge in [0, 0.05) is 18.8 Å². The number of aromatic nitrogens is 4. The maximum absolute atomic E-state index is 13.0. The first-order valence-corrected chi connectivity index (χ1v) is 6.75. The van der Waals surface area contributed by atoms with E-state index < -0.39 is 11.7 Å². The van der Waals surface area contributed by atoms with Crippen molar-refractivity contribution >= 4 is 0 Å². The third kappa shape index (κ3) is 2.73. The Bertz CT molecular complexity index is 831. The lowest BCUT2D eigenvalue weighted by Crippen LogP contribution is -2.05. The summed E-state index contributed by atoms with van der Waals surface area (Å²) in [4.78, 5) is 4.10. The highest BCUT2D eigenvalue weighted by atomic mass is 19.4. The predicted octanol–water partition coefficient (Wildman–Crippen LogP) is 3.54. The van der Waals surface area contributed by atoms with Gasteiger partial charge in [-0.15, -0.1) is 0 Å². The summed E-state index contributed by atoms with van der Waals surface area (Å²) in [5.41, 5.74) is -0.301. The van der Waals surface area contributed by atoms with Crippen LogP contribution >= 0.6 is 0 Å². The van der Waals surface area contributed by atoms with Crippen molar-refractivity contribution in [3.63, 3.8) is 0 Å². The van der Waals surface area contributed by atoms with Gasteiger partial charge in [-0.2, -0.15) is 23.3 Å². The predicted molar refractivity (Wildman–Crippen MR) is 72.5 cm³/mol. The number of hydrogen-bond acceptors (Lipinski definition) is 5. The van der Waals surface area contributed by atoms with Crippen molar-refractivity contribution in [1.29, 1.82) is 0 Å². The van der Waals surface area contributed by atoms with Crippen molar-refractivity contribution in [3.8, 4) is 11.4 Å². The Morgan fingerprint density at radius 2 is 2.04 bits per heavy atom. The largest absolute Gasteiger partial charge is 0.468 e. The Hall–Kier alpha value is -2.58. The molecule has 3 rings (SSSR count). The molecule has 0 saturated carbocycles. The van der Waals surface area contributed by atoms with Crippen LogP contribution in [-0.4, -0.2) is 19.9 Å². The smallest absolute Gasteiger partial charge is 0.420 e. The molecular formula is C14H13F3N4O2. The molecule has 0 saturated heterocycles. The summed E-state index contributed by atoms with van der Waals surface area (Å²) in [5.74, 6) is -0.138. The zero-order valence-corrected chi connectivity index (χ0v) is 12.5. The molecule has 122 valence electrons. The summed E-state index contributed by atoms with van der Waals surface area (Å²) in [6.45, 7) is 3.23. The summed E-state index contributed by atoms with van der Waals surface area (Å²) in [7, 11) is 1.76. The van der Waals surface area contributed by atoms with E-state index in [0.29, 0.717) is 6.26 Å². The highest BCUT2D eigenvalue weighted by Gasteiger charge is 2.38. The summed E-state index contributed by atoms with van der Waals surface area (Å²) in [6.07, 6.45) is -0.480. The summed E-state index contributed by atoms with van der Waals surface area (Å²) < 4.78 is 50.7. The van der Waals surface area contributed by atoms with Crippen LogP contribution in [0.25, 0.3) is 11.4 Å². The van der Waals surface area contributed by atoms with Crippen molar-refractivity contribution in [1.82, 2.24) is 19.9 Å². The molecule has 0 aliphatic heterocycles. The van der Waals surface area contributed by atoms with Crippen LogP contribution in [-0.2, 0) is 13.2 Å². The Labute approximate surface area is 128 Å². The number of rotatable bonds is 3. The first-order chi connectivity index (χ1) is 10.8. The van der Waals surface area contributed by atoms with Crippen LogP contribution in [0.5, 0.6) is 0 Å². The molecule has 9 heteroatoms. The minimum atomic E-state index is -4.55. The lowest BCUT2D eigenvalue weighted by atomic mass is 10.1. The van der Waals surface area contributed by atoms with Crippen LogP contribution in [0.1, 0.15) is 35.6 Å². The average Bonchev–Trinajstić information content (AvgIpc) is 3.15. The second-order valence-corrected chi connectivity index (χ2v) is 5.20. The number of furan rings is 1. The molecule has 0 amide bonds. The molecule has 0 aliphatic carbocycles. The molecule has 0 radical (unpaired) electrons. The summed E-state index contributed by atoms with van der Waals surface area (Å²) in [6, 6.07) is 0. The van der Waals surface area contributed by atoms with Gasteiger partial charge in [0.25, 0.3) is 0 Å². The summed E-state index contributed by atoms with van der Waals surface area (Å²) >= 11 is 0. The first-order valence-electron chi connectivity index (χ1n) is 6.75. The highest BCUT2D eigenvalue weighted by molar-refractivity contribution is 5.62. The Balaban J connectivity index is 1.99. The minimum Gasteiger partial charge on any atom is -0.468 e. The third-order valence-corrected chi connectivity index (χ3v) is 3.54. The molecular weight excluding hydrogens is 313 g/mol. The van der Waals surface area contributed by atoms with E-state index in [2.05, 4.69) is 15.2 Å². The fourth-order valence-corrected chi connectivity index (χ4v) is 2.26.